The van der Waals surface area contributed by atoms with E-state index >= 15 is 0 Å². The van der Waals surface area contributed by atoms with Gasteiger partial charge in [0.15, 0.2) is 0 Å². The molecule has 1 aliphatic rings. The molecular weight excluding hydrogens is 214 g/mol. The molecule has 0 saturated carbocycles. The number of benzene rings is 1. The van der Waals surface area contributed by atoms with Crippen molar-refractivity contribution < 1.29 is 4.79 Å². The second kappa shape index (κ2) is 3.73. The molecule has 4 heteroatoms. The van der Waals surface area contributed by atoms with Crippen LogP contribution >= 0.6 is 0 Å². The number of amides is 1. The first-order valence-electron chi connectivity index (χ1n) is 5.62. The molecule has 0 bridgehead atoms. The molecule has 0 aliphatic carbocycles. The van der Waals surface area contributed by atoms with Gasteiger partial charge in [0, 0.05) is 18.8 Å². The number of H-pyrrole nitrogens is 1. The number of fused-ring (bicyclic) bond motifs is 1. The van der Waals surface area contributed by atoms with E-state index in [2.05, 4.69) is 22.3 Å². The van der Waals surface area contributed by atoms with Crippen molar-refractivity contribution >= 4 is 5.91 Å². The van der Waals surface area contributed by atoms with Crippen molar-refractivity contribution in [1.29, 1.82) is 0 Å². The standard InChI is InChI=1S/C13H13N3O/c1-9-12(6-14-15-9)13(17)16-7-10-4-2-3-5-11(10)8-16/h2-6H,7-8H2,1H3,(H,14,15). The maximum Gasteiger partial charge on any atom is 0.257 e. The van der Waals surface area contributed by atoms with Gasteiger partial charge in [0.2, 0.25) is 0 Å². The van der Waals surface area contributed by atoms with Gasteiger partial charge in [-0.2, -0.15) is 5.10 Å². The van der Waals surface area contributed by atoms with Crippen molar-refractivity contribution in [2.45, 2.75) is 20.0 Å². The topological polar surface area (TPSA) is 49.0 Å². The Labute approximate surface area is 99.3 Å². The summed E-state index contributed by atoms with van der Waals surface area (Å²) in [7, 11) is 0. The average Bonchev–Trinajstić information content (AvgIpc) is 2.93. The van der Waals surface area contributed by atoms with Crippen LogP contribution in [0.4, 0.5) is 0 Å². The molecule has 0 radical (unpaired) electrons. The van der Waals surface area contributed by atoms with E-state index in [4.69, 9.17) is 0 Å². The molecule has 3 rings (SSSR count). The normalized spacial score (nSPS) is 13.8. The largest absolute Gasteiger partial charge is 0.330 e. The zero-order valence-electron chi connectivity index (χ0n) is 9.60. The van der Waals surface area contributed by atoms with Crippen molar-refractivity contribution in [3.8, 4) is 0 Å². The lowest BCUT2D eigenvalue weighted by Gasteiger charge is -2.14. The van der Waals surface area contributed by atoms with Crippen LogP contribution in [0.1, 0.15) is 27.2 Å². The third-order valence-electron chi connectivity index (χ3n) is 3.19. The van der Waals surface area contributed by atoms with Crippen LogP contribution in [0, 0.1) is 6.92 Å². The third-order valence-corrected chi connectivity index (χ3v) is 3.19. The number of aromatic nitrogens is 2. The van der Waals surface area contributed by atoms with Gasteiger partial charge in [0.1, 0.15) is 0 Å². The zero-order chi connectivity index (χ0) is 11.8. The maximum atomic E-state index is 12.3. The van der Waals surface area contributed by atoms with Gasteiger partial charge in [-0.15, -0.1) is 0 Å². The highest BCUT2D eigenvalue weighted by atomic mass is 16.2. The fraction of sp³-hybridized carbons (Fsp3) is 0.231. The molecule has 1 aromatic carbocycles. The lowest BCUT2D eigenvalue weighted by atomic mass is 10.1. The lowest BCUT2D eigenvalue weighted by Crippen LogP contribution is -2.25. The maximum absolute atomic E-state index is 12.3. The predicted octanol–water partition coefficient (Wildman–Crippen LogP) is 1.87. The second-order valence-electron chi connectivity index (χ2n) is 4.34. The quantitative estimate of drug-likeness (QED) is 0.808. The molecule has 1 amide bonds. The van der Waals surface area contributed by atoms with E-state index in [-0.39, 0.29) is 5.91 Å². The number of hydrogen-bond donors (Lipinski definition) is 1. The Morgan fingerprint density at radius 3 is 2.47 bits per heavy atom. The molecule has 1 aliphatic heterocycles. The number of aryl methyl sites for hydroxylation is 1. The van der Waals surface area contributed by atoms with E-state index in [1.54, 1.807) is 6.20 Å². The zero-order valence-corrected chi connectivity index (χ0v) is 9.60. The van der Waals surface area contributed by atoms with E-state index in [1.165, 1.54) is 11.1 Å². The highest BCUT2D eigenvalue weighted by molar-refractivity contribution is 5.95. The Morgan fingerprint density at radius 1 is 1.29 bits per heavy atom. The summed E-state index contributed by atoms with van der Waals surface area (Å²) in [6.07, 6.45) is 1.60. The number of hydrogen-bond acceptors (Lipinski definition) is 2. The fourth-order valence-electron chi connectivity index (χ4n) is 2.21. The van der Waals surface area contributed by atoms with Crippen LogP contribution in [-0.2, 0) is 13.1 Å². The summed E-state index contributed by atoms with van der Waals surface area (Å²) < 4.78 is 0. The molecule has 1 N–H and O–H groups in total. The highest BCUT2D eigenvalue weighted by Gasteiger charge is 2.25. The van der Waals surface area contributed by atoms with E-state index < -0.39 is 0 Å². The first-order valence-corrected chi connectivity index (χ1v) is 5.62. The molecule has 0 fully saturated rings. The van der Waals surface area contributed by atoms with Crippen LogP contribution in [0.25, 0.3) is 0 Å². The van der Waals surface area contributed by atoms with Crippen LogP contribution in [-0.4, -0.2) is 21.0 Å². The average molecular weight is 227 g/mol. The molecule has 1 aromatic heterocycles. The number of aromatic amines is 1. The highest BCUT2D eigenvalue weighted by Crippen LogP contribution is 2.24. The molecule has 2 aromatic rings. The first kappa shape index (κ1) is 10.1. The molecule has 2 heterocycles. The summed E-state index contributed by atoms with van der Waals surface area (Å²) in [5.74, 6) is 0.0486. The number of nitrogens with one attached hydrogen (secondary N) is 1. The van der Waals surface area contributed by atoms with Gasteiger partial charge in [0.25, 0.3) is 5.91 Å². The molecule has 0 unspecified atom stereocenters. The van der Waals surface area contributed by atoms with Crippen LogP contribution in [0.2, 0.25) is 0 Å². The van der Waals surface area contributed by atoms with Crippen molar-refractivity contribution in [2.24, 2.45) is 0 Å². The Hall–Kier alpha value is -2.10. The van der Waals surface area contributed by atoms with E-state index in [0.29, 0.717) is 18.7 Å². The summed E-state index contributed by atoms with van der Waals surface area (Å²) in [5.41, 5.74) is 3.97. The van der Waals surface area contributed by atoms with Crippen molar-refractivity contribution in [3.05, 3.63) is 52.8 Å². The summed E-state index contributed by atoms with van der Waals surface area (Å²) in [6.45, 7) is 3.25. The Bertz CT molecular complexity index is 549. The SMILES string of the molecule is Cc1[nH]ncc1C(=O)N1Cc2ccccc2C1. The third kappa shape index (κ3) is 1.62. The Balaban J connectivity index is 1.86. The van der Waals surface area contributed by atoms with E-state index in [9.17, 15) is 4.79 Å². The van der Waals surface area contributed by atoms with Crippen LogP contribution < -0.4 is 0 Å². The number of nitrogens with zero attached hydrogens (tertiary/aromatic N) is 2. The number of rotatable bonds is 1. The first-order chi connectivity index (χ1) is 8.25. The fourth-order valence-corrected chi connectivity index (χ4v) is 2.21. The monoisotopic (exact) mass is 227 g/mol. The number of carbonyl (C=O) groups excluding carboxylic acids is 1. The Kier molecular flexibility index (Phi) is 2.21. The minimum absolute atomic E-state index is 0.0486. The van der Waals surface area contributed by atoms with E-state index in [1.807, 2.05) is 24.0 Å². The Morgan fingerprint density at radius 2 is 1.94 bits per heavy atom. The number of carbonyl (C=O) groups is 1. The summed E-state index contributed by atoms with van der Waals surface area (Å²) in [6, 6.07) is 8.17. The molecule has 0 atom stereocenters. The summed E-state index contributed by atoms with van der Waals surface area (Å²) in [5, 5.41) is 6.69. The predicted molar refractivity (Wildman–Crippen MR) is 63.3 cm³/mol. The van der Waals surface area contributed by atoms with Crippen LogP contribution in [0.5, 0.6) is 0 Å². The minimum atomic E-state index is 0.0486. The van der Waals surface area contributed by atoms with Gasteiger partial charge >= 0.3 is 0 Å². The molecular formula is C13H13N3O. The molecule has 0 saturated heterocycles. The smallest absolute Gasteiger partial charge is 0.257 e. The van der Waals surface area contributed by atoms with Crippen molar-refractivity contribution in [2.75, 3.05) is 0 Å². The van der Waals surface area contributed by atoms with E-state index in [0.717, 1.165) is 5.69 Å². The summed E-state index contributed by atoms with van der Waals surface area (Å²) >= 11 is 0. The van der Waals surface area contributed by atoms with Crippen LogP contribution in [0.15, 0.2) is 30.5 Å². The molecule has 17 heavy (non-hydrogen) atoms. The van der Waals surface area contributed by atoms with Gasteiger partial charge in [-0.05, 0) is 18.1 Å². The molecule has 4 nitrogen and oxygen atoms in total. The van der Waals surface area contributed by atoms with Crippen molar-refractivity contribution in [3.63, 3.8) is 0 Å². The van der Waals surface area contributed by atoms with Crippen LogP contribution in [0.3, 0.4) is 0 Å². The van der Waals surface area contributed by atoms with Gasteiger partial charge in [-0.3, -0.25) is 9.89 Å². The minimum Gasteiger partial charge on any atom is -0.330 e. The molecule has 86 valence electrons. The van der Waals surface area contributed by atoms with Gasteiger partial charge in [0.05, 0.1) is 11.8 Å². The van der Waals surface area contributed by atoms with Gasteiger partial charge < -0.3 is 4.90 Å². The molecule has 0 spiro atoms. The van der Waals surface area contributed by atoms with Gasteiger partial charge in [-0.1, -0.05) is 24.3 Å². The second-order valence-corrected chi connectivity index (χ2v) is 4.34. The van der Waals surface area contributed by atoms with Gasteiger partial charge in [-0.25, -0.2) is 0 Å². The lowest BCUT2D eigenvalue weighted by molar-refractivity contribution is 0.0750. The van der Waals surface area contributed by atoms with Crippen molar-refractivity contribution in [1.82, 2.24) is 15.1 Å². The summed E-state index contributed by atoms with van der Waals surface area (Å²) in [4.78, 5) is 14.1.